The zero-order valence-electron chi connectivity index (χ0n) is 33.1. The number of para-hydroxylation sites is 1. The molecule has 0 aliphatic carbocycles. The lowest BCUT2D eigenvalue weighted by molar-refractivity contribution is 1.17. The van der Waals surface area contributed by atoms with Crippen LogP contribution in [0.5, 0.6) is 0 Å². The number of pyridine rings is 1. The summed E-state index contributed by atoms with van der Waals surface area (Å²) in [4.78, 5) is 15.2. The molecule has 0 spiro atoms. The van der Waals surface area contributed by atoms with Gasteiger partial charge in [0.1, 0.15) is 0 Å². The molecule has 0 unspecified atom stereocenters. The minimum absolute atomic E-state index is 0.676. The first kappa shape index (κ1) is 34.8. The summed E-state index contributed by atoms with van der Waals surface area (Å²) in [5.74, 6) is 0.676. The van der Waals surface area contributed by atoms with E-state index in [-0.39, 0.29) is 0 Å². The van der Waals surface area contributed by atoms with Crippen molar-refractivity contribution in [1.29, 1.82) is 0 Å². The molecule has 3 aromatic heterocycles. The number of nitrogens with zero attached hydrogens (tertiary/aromatic N) is 4. The maximum Gasteiger partial charge on any atom is 0.160 e. The monoisotopic (exact) mass is 776 g/mol. The van der Waals surface area contributed by atoms with Crippen molar-refractivity contribution >= 4 is 54.1 Å². The van der Waals surface area contributed by atoms with E-state index in [9.17, 15) is 0 Å². The summed E-state index contributed by atoms with van der Waals surface area (Å²) >= 11 is 0. The second-order valence-corrected chi connectivity index (χ2v) is 15.6. The van der Waals surface area contributed by atoms with E-state index in [0.29, 0.717) is 5.82 Å². The Kier molecular flexibility index (Phi) is 8.13. The summed E-state index contributed by atoms with van der Waals surface area (Å²) < 4.78 is 2.31. The van der Waals surface area contributed by atoms with Crippen LogP contribution in [0.4, 0.5) is 0 Å². The lowest BCUT2D eigenvalue weighted by Gasteiger charge is -2.18. The highest BCUT2D eigenvalue weighted by atomic mass is 15.0. The second kappa shape index (κ2) is 14.3. The van der Waals surface area contributed by atoms with E-state index in [1.165, 1.54) is 43.6 Å². The zero-order valence-corrected chi connectivity index (χ0v) is 33.1. The van der Waals surface area contributed by atoms with Crippen LogP contribution in [0.1, 0.15) is 0 Å². The molecule has 0 aliphatic rings. The SMILES string of the molecule is c1ccc(-c2c3ccccc3c(-c3ccc(-c4nc(-c5ccc6c(c5)c5cnccc5n6-c5ccccc5)cc(-c5cccc6ccccc56)n4)cc3)c3ccccc23)cc1. The number of fused-ring (bicyclic) bond motifs is 6. The molecule has 0 saturated heterocycles. The molecule has 0 aliphatic heterocycles. The molecule has 0 saturated carbocycles. The Labute approximate surface area is 352 Å². The molecule has 12 rings (SSSR count). The fourth-order valence-electron chi connectivity index (χ4n) is 9.33. The quantitative estimate of drug-likeness (QED) is 0.158. The zero-order chi connectivity index (χ0) is 40.3. The van der Waals surface area contributed by atoms with E-state index >= 15 is 0 Å². The molecule has 0 N–H and O–H groups in total. The van der Waals surface area contributed by atoms with Crippen molar-refractivity contribution in [1.82, 2.24) is 19.5 Å². The van der Waals surface area contributed by atoms with Crippen LogP contribution >= 0.6 is 0 Å². The molecule has 12 aromatic rings. The normalized spacial score (nSPS) is 11.6. The maximum atomic E-state index is 5.35. The van der Waals surface area contributed by atoms with Gasteiger partial charge in [-0.25, -0.2) is 9.97 Å². The van der Waals surface area contributed by atoms with Gasteiger partial charge in [-0.15, -0.1) is 0 Å². The van der Waals surface area contributed by atoms with Crippen LogP contribution in [0.2, 0.25) is 0 Å². The number of benzene rings is 9. The fourth-order valence-corrected chi connectivity index (χ4v) is 9.33. The van der Waals surface area contributed by atoms with E-state index in [2.05, 4.69) is 216 Å². The summed E-state index contributed by atoms with van der Waals surface area (Å²) in [6.45, 7) is 0. The Bertz CT molecular complexity index is 3570. The first-order chi connectivity index (χ1) is 30.3. The lowest BCUT2D eigenvalue weighted by Crippen LogP contribution is -1.97. The molecule has 284 valence electrons. The summed E-state index contributed by atoms with van der Waals surface area (Å²) in [5.41, 5.74) is 13.0. The molecule has 0 atom stereocenters. The van der Waals surface area contributed by atoms with Gasteiger partial charge >= 0.3 is 0 Å². The Morgan fingerprint density at radius 3 is 1.59 bits per heavy atom. The third-order valence-electron chi connectivity index (χ3n) is 12.1. The van der Waals surface area contributed by atoms with Gasteiger partial charge in [-0.3, -0.25) is 4.98 Å². The number of hydrogen-bond acceptors (Lipinski definition) is 3. The van der Waals surface area contributed by atoms with E-state index in [1.54, 1.807) is 0 Å². The van der Waals surface area contributed by atoms with Crippen LogP contribution in [-0.2, 0) is 0 Å². The molecule has 0 amide bonds. The summed E-state index contributed by atoms with van der Waals surface area (Å²) in [7, 11) is 0. The first-order valence-corrected chi connectivity index (χ1v) is 20.7. The van der Waals surface area contributed by atoms with Gasteiger partial charge in [-0.05, 0) is 91.0 Å². The third-order valence-corrected chi connectivity index (χ3v) is 12.1. The van der Waals surface area contributed by atoms with Crippen molar-refractivity contribution in [3.8, 4) is 61.8 Å². The first-order valence-electron chi connectivity index (χ1n) is 20.7. The van der Waals surface area contributed by atoms with Crippen LogP contribution in [0.3, 0.4) is 0 Å². The average Bonchev–Trinajstić information content (AvgIpc) is 3.67. The summed E-state index contributed by atoms with van der Waals surface area (Å²) in [6.07, 6.45) is 3.84. The molecular formula is C57H36N4. The van der Waals surface area contributed by atoms with E-state index < -0.39 is 0 Å². The predicted molar refractivity (Wildman–Crippen MR) is 254 cm³/mol. The van der Waals surface area contributed by atoms with Crippen LogP contribution < -0.4 is 0 Å². The highest BCUT2D eigenvalue weighted by Crippen LogP contribution is 2.44. The molecule has 61 heavy (non-hydrogen) atoms. The summed E-state index contributed by atoms with van der Waals surface area (Å²) in [6, 6.07) is 73.5. The Morgan fingerprint density at radius 2 is 0.885 bits per heavy atom. The fraction of sp³-hybridized carbons (Fsp3) is 0. The molecule has 0 bridgehead atoms. The van der Waals surface area contributed by atoms with Crippen molar-refractivity contribution < 1.29 is 0 Å². The minimum Gasteiger partial charge on any atom is -0.309 e. The van der Waals surface area contributed by atoms with Crippen molar-refractivity contribution in [3.05, 3.63) is 219 Å². The van der Waals surface area contributed by atoms with Crippen molar-refractivity contribution in [2.24, 2.45) is 0 Å². The van der Waals surface area contributed by atoms with Crippen molar-refractivity contribution in [3.63, 3.8) is 0 Å². The van der Waals surface area contributed by atoms with Crippen LogP contribution in [0.15, 0.2) is 219 Å². The van der Waals surface area contributed by atoms with E-state index in [4.69, 9.17) is 9.97 Å². The maximum absolute atomic E-state index is 5.35. The number of rotatable bonds is 6. The van der Waals surface area contributed by atoms with Gasteiger partial charge in [0.25, 0.3) is 0 Å². The molecule has 3 heterocycles. The van der Waals surface area contributed by atoms with Gasteiger partial charge in [0, 0.05) is 45.5 Å². The van der Waals surface area contributed by atoms with E-state index in [0.717, 1.165) is 66.5 Å². The number of aromatic nitrogens is 4. The molecule has 9 aromatic carbocycles. The minimum atomic E-state index is 0.676. The number of hydrogen-bond donors (Lipinski definition) is 0. The highest BCUT2D eigenvalue weighted by molar-refractivity contribution is 6.21. The van der Waals surface area contributed by atoms with Gasteiger partial charge in [-0.2, -0.15) is 0 Å². The van der Waals surface area contributed by atoms with Crippen LogP contribution in [0.25, 0.3) is 116 Å². The topological polar surface area (TPSA) is 43.6 Å². The van der Waals surface area contributed by atoms with Crippen molar-refractivity contribution in [2.45, 2.75) is 0 Å². The van der Waals surface area contributed by atoms with Gasteiger partial charge in [0.05, 0.1) is 22.4 Å². The van der Waals surface area contributed by atoms with Gasteiger partial charge in [0.2, 0.25) is 0 Å². The summed E-state index contributed by atoms with van der Waals surface area (Å²) in [5, 5.41) is 9.47. The van der Waals surface area contributed by atoms with Crippen LogP contribution in [-0.4, -0.2) is 19.5 Å². The van der Waals surface area contributed by atoms with Gasteiger partial charge < -0.3 is 4.57 Å². The second-order valence-electron chi connectivity index (χ2n) is 15.6. The highest BCUT2D eigenvalue weighted by Gasteiger charge is 2.19. The van der Waals surface area contributed by atoms with Crippen molar-refractivity contribution in [2.75, 3.05) is 0 Å². The largest absolute Gasteiger partial charge is 0.309 e. The molecule has 0 radical (unpaired) electrons. The Morgan fingerprint density at radius 1 is 0.344 bits per heavy atom. The third kappa shape index (κ3) is 5.80. The van der Waals surface area contributed by atoms with Gasteiger partial charge in [0.15, 0.2) is 5.82 Å². The smallest absolute Gasteiger partial charge is 0.160 e. The Hall–Kier alpha value is -8.21. The molecular weight excluding hydrogens is 741 g/mol. The molecule has 4 nitrogen and oxygen atoms in total. The van der Waals surface area contributed by atoms with Crippen LogP contribution in [0, 0.1) is 0 Å². The predicted octanol–water partition coefficient (Wildman–Crippen LogP) is 14.8. The standard InChI is InChI=1S/C57H36N4/c1-3-15-38(16-4-1)55-45-21-9-11-23-47(45)56(48-24-12-10-22-46(48)55)39-26-28-40(29-27-39)57-59-51(35-52(60-57)44-25-13-17-37-14-7-8-20-43(37)44)41-30-31-53-49(34-41)50-36-58-33-32-54(50)61(53)42-18-5-2-6-19-42/h1-36H. The lowest BCUT2D eigenvalue weighted by atomic mass is 9.86. The molecule has 4 heteroatoms. The molecule has 0 fully saturated rings. The van der Waals surface area contributed by atoms with Gasteiger partial charge in [-0.1, -0.05) is 170 Å². The average molecular weight is 777 g/mol. The van der Waals surface area contributed by atoms with E-state index in [1.807, 2.05) is 12.4 Å². The Balaban J connectivity index is 1.04.